The smallest absolute Gasteiger partial charge is 0.317 e. The van der Waals surface area contributed by atoms with Gasteiger partial charge in [0.2, 0.25) is 0 Å². The van der Waals surface area contributed by atoms with E-state index < -0.39 is 0 Å². The molecule has 0 bridgehead atoms. The van der Waals surface area contributed by atoms with Crippen molar-refractivity contribution in [3.8, 4) is 0 Å². The van der Waals surface area contributed by atoms with Crippen LogP contribution in [0.1, 0.15) is 31.7 Å². The van der Waals surface area contributed by atoms with Crippen LogP contribution in [0.5, 0.6) is 0 Å². The van der Waals surface area contributed by atoms with E-state index in [-0.39, 0.29) is 12.1 Å². The van der Waals surface area contributed by atoms with Crippen molar-refractivity contribution in [2.75, 3.05) is 26.7 Å². The third-order valence-corrected chi connectivity index (χ3v) is 5.53. The molecule has 0 spiro atoms. The second-order valence-electron chi connectivity index (χ2n) is 7.84. The molecule has 138 valence electrons. The Kier molecular flexibility index (Phi) is 5.97. The van der Waals surface area contributed by atoms with E-state index in [0.717, 1.165) is 32.4 Å². The lowest BCUT2D eigenvalue weighted by Gasteiger charge is -2.22. The van der Waals surface area contributed by atoms with E-state index in [4.69, 9.17) is 0 Å². The number of rotatable bonds is 7. The molecule has 3 atom stereocenters. The molecule has 1 aliphatic heterocycles. The quantitative estimate of drug-likeness (QED) is 0.797. The Morgan fingerprint density at radius 3 is 2.76 bits per heavy atom. The number of urea groups is 1. The largest absolute Gasteiger partial charge is 0.391 e. The summed E-state index contributed by atoms with van der Waals surface area (Å²) in [5.74, 6) is 0.891. The lowest BCUT2D eigenvalue weighted by Crippen LogP contribution is -2.43. The van der Waals surface area contributed by atoms with Crippen LogP contribution >= 0.6 is 0 Å². The van der Waals surface area contributed by atoms with Gasteiger partial charge in [0.15, 0.2) is 0 Å². The zero-order valence-electron chi connectivity index (χ0n) is 15.4. The van der Waals surface area contributed by atoms with E-state index >= 15 is 0 Å². The van der Waals surface area contributed by atoms with Crippen molar-refractivity contribution in [2.24, 2.45) is 11.8 Å². The minimum absolute atomic E-state index is 0.0751. The Bertz CT molecular complexity index is 561. The highest BCUT2D eigenvalue weighted by Crippen LogP contribution is 2.32. The third kappa shape index (κ3) is 5.19. The van der Waals surface area contributed by atoms with Gasteiger partial charge in [0.1, 0.15) is 0 Å². The van der Waals surface area contributed by atoms with Gasteiger partial charge in [-0.2, -0.15) is 0 Å². The third-order valence-electron chi connectivity index (χ3n) is 5.53. The Hall–Kier alpha value is -1.59. The minimum atomic E-state index is -0.372. The summed E-state index contributed by atoms with van der Waals surface area (Å²) in [7, 11) is 1.76. The molecule has 3 unspecified atom stereocenters. The van der Waals surface area contributed by atoms with Gasteiger partial charge in [0.05, 0.1) is 6.10 Å². The van der Waals surface area contributed by atoms with E-state index in [9.17, 15) is 9.90 Å². The van der Waals surface area contributed by atoms with Gasteiger partial charge >= 0.3 is 6.03 Å². The summed E-state index contributed by atoms with van der Waals surface area (Å²) < 4.78 is 0. The van der Waals surface area contributed by atoms with Crippen LogP contribution in [0.4, 0.5) is 4.79 Å². The van der Waals surface area contributed by atoms with Crippen LogP contribution in [0.25, 0.3) is 0 Å². The van der Waals surface area contributed by atoms with Crippen LogP contribution in [-0.2, 0) is 6.54 Å². The molecule has 3 rings (SSSR count). The van der Waals surface area contributed by atoms with Gasteiger partial charge in [-0.05, 0) is 43.6 Å². The van der Waals surface area contributed by atoms with Crippen LogP contribution in [0, 0.1) is 11.8 Å². The first kappa shape index (κ1) is 18.2. The van der Waals surface area contributed by atoms with E-state index in [1.165, 1.54) is 5.56 Å². The Morgan fingerprint density at radius 2 is 2.08 bits per heavy atom. The van der Waals surface area contributed by atoms with Crippen molar-refractivity contribution < 1.29 is 9.90 Å². The molecular formula is C20H31N3O2. The number of nitrogens with one attached hydrogen (secondary N) is 1. The lowest BCUT2D eigenvalue weighted by atomic mass is 10.1. The number of aliphatic hydroxyl groups is 1. The molecule has 1 aromatic rings. The second kappa shape index (κ2) is 8.19. The SMILES string of the molecule is CC1CC(CNC(=O)N(C)CC(O)C2CC2)CN1Cc1ccccc1. The fourth-order valence-electron chi connectivity index (χ4n) is 3.76. The number of nitrogens with zero attached hydrogens (tertiary/aromatic N) is 2. The van der Waals surface area contributed by atoms with Crippen LogP contribution in [0.15, 0.2) is 30.3 Å². The summed E-state index contributed by atoms with van der Waals surface area (Å²) in [5.41, 5.74) is 1.34. The topological polar surface area (TPSA) is 55.8 Å². The van der Waals surface area contributed by atoms with Crippen molar-refractivity contribution in [1.82, 2.24) is 15.1 Å². The highest BCUT2D eigenvalue weighted by molar-refractivity contribution is 5.73. The number of hydrogen-bond donors (Lipinski definition) is 2. The van der Waals surface area contributed by atoms with Gasteiger partial charge in [-0.3, -0.25) is 4.90 Å². The molecule has 1 aliphatic carbocycles. The molecule has 5 heteroatoms. The molecule has 1 saturated carbocycles. The number of carbonyl (C=O) groups is 1. The molecular weight excluding hydrogens is 314 g/mol. The van der Waals surface area contributed by atoms with Crippen LogP contribution < -0.4 is 5.32 Å². The predicted octanol–water partition coefficient (Wildman–Crippen LogP) is 2.31. The first-order valence-electron chi connectivity index (χ1n) is 9.48. The van der Waals surface area contributed by atoms with Crippen molar-refractivity contribution in [3.05, 3.63) is 35.9 Å². The standard InChI is InChI=1S/C20H31N3O2/c1-15-10-17(13-23(15)12-16-6-4-3-5-7-16)11-21-20(25)22(2)14-19(24)18-8-9-18/h3-7,15,17-19,24H,8-14H2,1-2H3,(H,21,25). The summed E-state index contributed by atoms with van der Waals surface area (Å²) in [5, 5.41) is 13.0. The number of aliphatic hydroxyl groups excluding tert-OH is 1. The summed E-state index contributed by atoms with van der Waals surface area (Å²) in [6.07, 6.45) is 2.92. The van der Waals surface area contributed by atoms with E-state index in [2.05, 4.69) is 41.4 Å². The average Bonchev–Trinajstić information content (AvgIpc) is 3.39. The molecule has 2 N–H and O–H groups in total. The summed E-state index contributed by atoms with van der Waals surface area (Å²) in [6, 6.07) is 11.0. The lowest BCUT2D eigenvalue weighted by molar-refractivity contribution is 0.113. The van der Waals surface area contributed by atoms with Gasteiger partial charge in [-0.15, -0.1) is 0 Å². The van der Waals surface area contributed by atoms with Crippen molar-refractivity contribution >= 4 is 6.03 Å². The van der Waals surface area contributed by atoms with Gasteiger partial charge in [-0.1, -0.05) is 30.3 Å². The van der Waals surface area contributed by atoms with Gasteiger partial charge in [0, 0.05) is 39.3 Å². The summed E-state index contributed by atoms with van der Waals surface area (Å²) in [4.78, 5) is 16.3. The van der Waals surface area contributed by atoms with Crippen LogP contribution in [0.3, 0.4) is 0 Å². The molecule has 2 fully saturated rings. The molecule has 1 saturated heterocycles. The van der Waals surface area contributed by atoms with Gasteiger partial charge < -0.3 is 15.3 Å². The maximum atomic E-state index is 12.2. The molecule has 1 heterocycles. The van der Waals surface area contributed by atoms with Crippen LogP contribution in [-0.4, -0.2) is 59.8 Å². The fraction of sp³-hybridized carbons (Fsp3) is 0.650. The highest BCUT2D eigenvalue weighted by Gasteiger charge is 2.32. The minimum Gasteiger partial charge on any atom is -0.391 e. The molecule has 0 aromatic heterocycles. The Balaban J connectivity index is 1.40. The number of carbonyl (C=O) groups excluding carboxylic acids is 1. The summed E-state index contributed by atoms with van der Waals surface area (Å²) >= 11 is 0. The Morgan fingerprint density at radius 1 is 1.36 bits per heavy atom. The first-order chi connectivity index (χ1) is 12.0. The van der Waals surface area contributed by atoms with Gasteiger partial charge in [0.25, 0.3) is 0 Å². The zero-order chi connectivity index (χ0) is 17.8. The van der Waals surface area contributed by atoms with Crippen LogP contribution in [0.2, 0.25) is 0 Å². The molecule has 2 amide bonds. The van der Waals surface area contributed by atoms with Gasteiger partial charge in [-0.25, -0.2) is 4.79 Å². The number of likely N-dealkylation sites (N-methyl/N-ethyl adjacent to an activating group) is 1. The summed E-state index contributed by atoms with van der Waals surface area (Å²) in [6.45, 7) is 5.39. The zero-order valence-corrected chi connectivity index (χ0v) is 15.4. The number of amides is 2. The monoisotopic (exact) mass is 345 g/mol. The molecule has 25 heavy (non-hydrogen) atoms. The molecule has 2 aliphatic rings. The van der Waals surface area contributed by atoms with E-state index in [1.54, 1.807) is 11.9 Å². The number of likely N-dealkylation sites (tertiary alicyclic amines) is 1. The maximum absolute atomic E-state index is 12.2. The number of hydrogen-bond acceptors (Lipinski definition) is 3. The van der Waals surface area contributed by atoms with E-state index in [0.29, 0.717) is 31.0 Å². The average molecular weight is 345 g/mol. The Labute approximate surface area is 151 Å². The molecule has 1 aromatic carbocycles. The predicted molar refractivity (Wildman–Crippen MR) is 99.2 cm³/mol. The molecule has 0 radical (unpaired) electrons. The highest BCUT2D eigenvalue weighted by atomic mass is 16.3. The van der Waals surface area contributed by atoms with Crippen molar-refractivity contribution in [1.29, 1.82) is 0 Å². The molecule has 5 nitrogen and oxygen atoms in total. The van der Waals surface area contributed by atoms with Crippen molar-refractivity contribution in [3.63, 3.8) is 0 Å². The normalized spacial score (nSPS) is 24.9. The fourth-order valence-corrected chi connectivity index (χ4v) is 3.76. The first-order valence-corrected chi connectivity index (χ1v) is 9.48. The van der Waals surface area contributed by atoms with E-state index in [1.807, 2.05) is 6.07 Å². The maximum Gasteiger partial charge on any atom is 0.317 e. The number of benzene rings is 1. The second-order valence-corrected chi connectivity index (χ2v) is 7.84. The van der Waals surface area contributed by atoms with Crippen molar-refractivity contribution in [2.45, 2.75) is 44.9 Å².